The molecule has 0 saturated carbocycles. The molecule has 1 aliphatic rings. The molecule has 0 spiro atoms. The Morgan fingerprint density at radius 3 is 2.04 bits per heavy atom. The van der Waals surface area contributed by atoms with Crippen molar-refractivity contribution in [2.75, 3.05) is 31.1 Å². The summed E-state index contributed by atoms with van der Waals surface area (Å²) in [7, 11) is -3.50. The lowest BCUT2D eigenvalue weighted by atomic mass is 9.87. The first-order chi connectivity index (χ1) is 12.1. The maximum atomic E-state index is 12.9. The molecular formula is C19H28N4O2S. The summed E-state index contributed by atoms with van der Waals surface area (Å²) in [4.78, 5) is 2.56. The fourth-order valence-electron chi connectivity index (χ4n) is 3.41. The highest BCUT2D eigenvalue weighted by Crippen LogP contribution is 2.27. The smallest absolute Gasteiger partial charge is 0.246 e. The number of nitrogens with one attached hydrogen (secondary N) is 1. The van der Waals surface area contributed by atoms with Gasteiger partial charge in [-0.05, 0) is 37.0 Å². The van der Waals surface area contributed by atoms with Crippen molar-refractivity contribution in [1.29, 1.82) is 0 Å². The summed E-state index contributed by atoms with van der Waals surface area (Å²) >= 11 is 0. The lowest BCUT2D eigenvalue weighted by Crippen LogP contribution is -2.48. The summed E-state index contributed by atoms with van der Waals surface area (Å²) < 4.78 is 27.4. The summed E-state index contributed by atoms with van der Waals surface area (Å²) in [6, 6.07) is 8.59. The molecule has 1 aromatic carbocycles. The van der Waals surface area contributed by atoms with E-state index in [-0.39, 0.29) is 5.41 Å². The van der Waals surface area contributed by atoms with Gasteiger partial charge in [0.05, 0.1) is 11.4 Å². The minimum atomic E-state index is -3.50. The van der Waals surface area contributed by atoms with E-state index in [2.05, 4.69) is 60.1 Å². The second-order valence-electron chi connectivity index (χ2n) is 7.95. The van der Waals surface area contributed by atoms with Crippen LogP contribution in [0.4, 0.5) is 5.69 Å². The number of benzene rings is 1. The Morgan fingerprint density at radius 1 is 1.00 bits per heavy atom. The van der Waals surface area contributed by atoms with E-state index in [1.807, 2.05) is 0 Å². The van der Waals surface area contributed by atoms with Gasteiger partial charge in [0, 0.05) is 31.9 Å². The first-order valence-corrected chi connectivity index (χ1v) is 10.4. The highest BCUT2D eigenvalue weighted by molar-refractivity contribution is 7.89. The SMILES string of the molecule is Cc1n[nH]c(C)c1S(=O)(=O)N1CCN(c2ccc(C(C)(C)C)cc2)CC1. The second-order valence-corrected chi connectivity index (χ2v) is 9.83. The van der Waals surface area contributed by atoms with Crippen LogP contribution in [0.2, 0.25) is 0 Å². The molecule has 0 unspecified atom stereocenters. The number of sulfonamides is 1. The third-order valence-corrected chi connectivity index (χ3v) is 7.16. The molecule has 3 rings (SSSR count). The predicted octanol–water partition coefficient (Wildman–Crippen LogP) is 2.83. The van der Waals surface area contributed by atoms with E-state index >= 15 is 0 Å². The number of anilines is 1. The molecule has 2 aromatic rings. The first-order valence-electron chi connectivity index (χ1n) is 8.98. The minimum Gasteiger partial charge on any atom is -0.369 e. The Morgan fingerprint density at radius 2 is 1.58 bits per heavy atom. The highest BCUT2D eigenvalue weighted by atomic mass is 32.2. The van der Waals surface area contributed by atoms with E-state index in [1.165, 1.54) is 5.56 Å². The van der Waals surface area contributed by atoms with Crippen molar-refractivity contribution in [3.05, 3.63) is 41.2 Å². The van der Waals surface area contributed by atoms with Crippen LogP contribution in [0.5, 0.6) is 0 Å². The number of rotatable bonds is 3. The molecule has 1 fully saturated rings. The van der Waals surface area contributed by atoms with Crippen LogP contribution in [-0.4, -0.2) is 49.1 Å². The molecular weight excluding hydrogens is 348 g/mol. The summed E-state index contributed by atoms with van der Waals surface area (Å²) in [5.41, 5.74) is 3.70. The average Bonchev–Trinajstić information content (AvgIpc) is 2.93. The normalized spacial score (nSPS) is 16.9. The van der Waals surface area contributed by atoms with Crippen molar-refractivity contribution >= 4 is 15.7 Å². The molecule has 0 radical (unpaired) electrons. The molecule has 7 heteroatoms. The van der Waals surface area contributed by atoms with Crippen molar-refractivity contribution in [3.8, 4) is 0 Å². The fraction of sp³-hybridized carbons (Fsp3) is 0.526. The van der Waals surface area contributed by atoms with Crippen molar-refractivity contribution in [3.63, 3.8) is 0 Å². The van der Waals surface area contributed by atoms with Gasteiger partial charge in [0.15, 0.2) is 0 Å². The predicted molar refractivity (Wildman–Crippen MR) is 104 cm³/mol. The Labute approximate surface area is 156 Å². The molecule has 142 valence electrons. The van der Waals surface area contributed by atoms with Gasteiger partial charge in [0.2, 0.25) is 10.0 Å². The van der Waals surface area contributed by atoms with E-state index in [9.17, 15) is 8.42 Å². The molecule has 1 aromatic heterocycles. The lowest BCUT2D eigenvalue weighted by Gasteiger charge is -2.35. The topological polar surface area (TPSA) is 69.3 Å². The zero-order valence-electron chi connectivity index (χ0n) is 16.2. The van der Waals surface area contributed by atoms with E-state index in [1.54, 1.807) is 18.2 Å². The van der Waals surface area contributed by atoms with Gasteiger partial charge in [-0.3, -0.25) is 5.10 Å². The Bertz CT molecular complexity index is 852. The molecule has 1 saturated heterocycles. The standard InChI is InChI=1S/C19H28N4O2S/c1-14-18(15(2)21-20-14)26(24,25)23-12-10-22(11-13-23)17-8-6-16(7-9-17)19(3,4)5/h6-9H,10-13H2,1-5H3,(H,20,21). The van der Waals surface area contributed by atoms with E-state index in [0.717, 1.165) is 5.69 Å². The Hall–Kier alpha value is -1.86. The third kappa shape index (κ3) is 3.50. The molecule has 0 aliphatic carbocycles. The molecule has 2 heterocycles. The quantitative estimate of drug-likeness (QED) is 0.894. The number of aromatic amines is 1. The highest BCUT2D eigenvalue weighted by Gasteiger charge is 2.32. The van der Waals surface area contributed by atoms with Crippen LogP contribution in [0.3, 0.4) is 0 Å². The largest absolute Gasteiger partial charge is 0.369 e. The van der Waals surface area contributed by atoms with Crippen LogP contribution in [0.25, 0.3) is 0 Å². The minimum absolute atomic E-state index is 0.131. The van der Waals surface area contributed by atoms with Gasteiger partial charge in [-0.2, -0.15) is 9.40 Å². The summed E-state index contributed by atoms with van der Waals surface area (Å²) in [5, 5.41) is 6.79. The summed E-state index contributed by atoms with van der Waals surface area (Å²) in [5.74, 6) is 0. The van der Waals surface area contributed by atoms with Crippen molar-refractivity contribution in [2.45, 2.75) is 44.9 Å². The van der Waals surface area contributed by atoms with Crippen LogP contribution in [0.1, 0.15) is 37.7 Å². The Kier molecular flexibility index (Phi) is 4.88. The van der Waals surface area contributed by atoms with Gasteiger partial charge in [-0.25, -0.2) is 8.42 Å². The van der Waals surface area contributed by atoms with Crippen LogP contribution < -0.4 is 4.90 Å². The van der Waals surface area contributed by atoms with Crippen molar-refractivity contribution in [1.82, 2.24) is 14.5 Å². The van der Waals surface area contributed by atoms with Gasteiger partial charge in [0.25, 0.3) is 0 Å². The first kappa shape index (κ1) is 18.9. The molecule has 0 bridgehead atoms. The van der Waals surface area contributed by atoms with E-state index < -0.39 is 10.0 Å². The third-order valence-electron chi connectivity index (χ3n) is 5.00. The second kappa shape index (κ2) is 6.70. The average molecular weight is 377 g/mol. The molecule has 26 heavy (non-hydrogen) atoms. The number of aromatic nitrogens is 2. The molecule has 1 N–H and O–H groups in total. The number of piperazine rings is 1. The van der Waals surface area contributed by atoms with Crippen LogP contribution >= 0.6 is 0 Å². The summed E-state index contributed by atoms with van der Waals surface area (Å²) in [6.45, 7) is 12.4. The monoisotopic (exact) mass is 376 g/mol. The lowest BCUT2D eigenvalue weighted by molar-refractivity contribution is 0.384. The maximum absolute atomic E-state index is 12.9. The zero-order valence-corrected chi connectivity index (χ0v) is 17.0. The van der Waals surface area contributed by atoms with Crippen LogP contribution in [0, 0.1) is 13.8 Å². The molecule has 1 aliphatic heterocycles. The van der Waals surface area contributed by atoms with Gasteiger partial charge >= 0.3 is 0 Å². The molecule has 0 amide bonds. The number of hydrogen-bond acceptors (Lipinski definition) is 4. The number of H-pyrrole nitrogens is 1. The number of nitrogens with zero attached hydrogens (tertiary/aromatic N) is 3. The van der Waals surface area contributed by atoms with Crippen molar-refractivity contribution < 1.29 is 8.42 Å². The maximum Gasteiger partial charge on any atom is 0.246 e. The number of hydrogen-bond donors (Lipinski definition) is 1. The van der Waals surface area contributed by atoms with Crippen LogP contribution in [-0.2, 0) is 15.4 Å². The van der Waals surface area contributed by atoms with Gasteiger partial charge in [0.1, 0.15) is 4.90 Å². The van der Waals surface area contributed by atoms with Gasteiger partial charge in [-0.15, -0.1) is 0 Å². The van der Waals surface area contributed by atoms with Gasteiger partial charge in [-0.1, -0.05) is 32.9 Å². The van der Waals surface area contributed by atoms with Gasteiger partial charge < -0.3 is 4.90 Å². The number of aryl methyl sites for hydroxylation is 2. The van der Waals surface area contributed by atoms with E-state index in [4.69, 9.17) is 0 Å². The molecule has 6 nitrogen and oxygen atoms in total. The molecule has 0 atom stereocenters. The Balaban J connectivity index is 1.71. The fourth-order valence-corrected chi connectivity index (χ4v) is 5.16. The van der Waals surface area contributed by atoms with Crippen LogP contribution in [0.15, 0.2) is 29.2 Å². The zero-order chi connectivity index (χ0) is 19.1. The van der Waals surface area contributed by atoms with E-state index in [0.29, 0.717) is 42.5 Å². The summed E-state index contributed by atoms with van der Waals surface area (Å²) in [6.07, 6.45) is 0. The van der Waals surface area contributed by atoms with Crippen molar-refractivity contribution in [2.24, 2.45) is 0 Å².